The van der Waals surface area contributed by atoms with E-state index in [1.54, 1.807) is 6.21 Å². The molecule has 1 heterocycles. The van der Waals surface area contributed by atoms with Crippen molar-refractivity contribution in [2.45, 2.75) is 0 Å². The van der Waals surface area contributed by atoms with E-state index in [0.717, 1.165) is 5.56 Å². The summed E-state index contributed by atoms with van der Waals surface area (Å²) in [6.07, 6.45) is 1.66. The first-order valence-electron chi connectivity index (χ1n) is 4.88. The van der Waals surface area contributed by atoms with E-state index < -0.39 is 0 Å². The molecule has 0 radical (unpaired) electrons. The van der Waals surface area contributed by atoms with Gasteiger partial charge < -0.3 is 5.73 Å². The molecule has 0 atom stereocenters. The number of nitrogens with one attached hydrogen (secondary N) is 1. The zero-order valence-corrected chi connectivity index (χ0v) is 9.59. The second-order valence-electron chi connectivity index (χ2n) is 3.25. The average molecular weight is 248 g/mol. The van der Waals surface area contributed by atoms with Crippen LogP contribution < -0.4 is 11.2 Å². The van der Waals surface area contributed by atoms with E-state index in [2.05, 4.69) is 20.7 Å². The summed E-state index contributed by atoms with van der Waals surface area (Å²) in [4.78, 5) is 0. The van der Waals surface area contributed by atoms with Crippen molar-refractivity contribution in [3.8, 4) is 0 Å². The van der Waals surface area contributed by atoms with Crippen molar-refractivity contribution in [1.82, 2.24) is 10.2 Å². The third-order valence-corrected chi connectivity index (χ3v) is 2.16. The molecule has 6 heteroatoms. The summed E-state index contributed by atoms with van der Waals surface area (Å²) in [6.45, 7) is 0. The monoisotopic (exact) mass is 247 g/mol. The van der Waals surface area contributed by atoms with Gasteiger partial charge in [0.15, 0.2) is 11.0 Å². The first-order chi connectivity index (χ1) is 8.25. The van der Waals surface area contributed by atoms with Gasteiger partial charge in [-0.2, -0.15) is 5.10 Å². The first kappa shape index (κ1) is 11.3. The Kier molecular flexibility index (Phi) is 3.52. The van der Waals surface area contributed by atoms with E-state index in [0.29, 0.717) is 11.5 Å². The normalized spacial score (nSPS) is 10.6. The van der Waals surface area contributed by atoms with E-state index >= 15 is 0 Å². The number of hydrazone groups is 1. The molecular weight excluding hydrogens is 238 g/mol. The van der Waals surface area contributed by atoms with Crippen LogP contribution in [0.4, 0.5) is 11.5 Å². The highest BCUT2D eigenvalue weighted by atomic mass is 35.5. The molecule has 0 aliphatic carbocycles. The van der Waals surface area contributed by atoms with Gasteiger partial charge in [-0.1, -0.05) is 41.9 Å². The number of rotatable bonds is 3. The Morgan fingerprint density at radius 1 is 1.24 bits per heavy atom. The summed E-state index contributed by atoms with van der Waals surface area (Å²) >= 11 is 5.63. The van der Waals surface area contributed by atoms with Crippen molar-refractivity contribution >= 4 is 29.3 Å². The van der Waals surface area contributed by atoms with Crippen LogP contribution in [0.2, 0.25) is 5.15 Å². The lowest BCUT2D eigenvalue weighted by Gasteiger charge is -2.01. The molecule has 5 nitrogen and oxygen atoms in total. The molecule has 0 amide bonds. The molecule has 0 saturated carbocycles. The average Bonchev–Trinajstić information content (AvgIpc) is 2.33. The molecule has 1 aromatic heterocycles. The van der Waals surface area contributed by atoms with Crippen LogP contribution in [0.5, 0.6) is 0 Å². The summed E-state index contributed by atoms with van der Waals surface area (Å²) < 4.78 is 0. The molecular formula is C11H10ClN5. The highest BCUT2D eigenvalue weighted by Crippen LogP contribution is 2.16. The fourth-order valence-corrected chi connectivity index (χ4v) is 1.33. The molecule has 0 spiro atoms. The highest BCUT2D eigenvalue weighted by Gasteiger charge is 2.00. The Morgan fingerprint density at radius 3 is 2.71 bits per heavy atom. The lowest BCUT2D eigenvalue weighted by molar-refractivity contribution is 1.02. The van der Waals surface area contributed by atoms with Crippen molar-refractivity contribution in [3.05, 3.63) is 47.1 Å². The van der Waals surface area contributed by atoms with E-state index in [1.165, 1.54) is 6.07 Å². The summed E-state index contributed by atoms with van der Waals surface area (Å²) in [5.74, 6) is 0.376. The summed E-state index contributed by atoms with van der Waals surface area (Å²) in [7, 11) is 0. The van der Waals surface area contributed by atoms with E-state index in [9.17, 15) is 0 Å². The van der Waals surface area contributed by atoms with Crippen molar-refractivity contribution in [3.63, 3.8) is 0 Å². The first-order valence-corrected chi connectivity index (χ1v) is 5.26. The molecule has 0 fully saturated rings. The number of nitrogens with zero attached hydrogens (tertiary/aromatic N) is 3. The Morgan fingerprint density at radius 2 is 2.00 bits per heavy atom. The maximum atomic E-state index is 5.68. The van der Waals surface area contributed by atoms with Crippen LogP contribution in [0.25, 0.3) is 0 Å². The molecule has 0 aliphatic heterocycles. The molecule has 86 valence electrons. The minimum atomic E-state index is 0.250. The zero-order chi connectivity index (χ0) is 12.1. The van der Waals surface area contributed by atoms with E-state index in [1.807, 2.05) is 30.3 Å². The van der Waals surface area contributed by atoms with Gasteiger partial charge in [-0.3, -0.25) is 5.43 Å². The molecule has 0 saturated heterocycles. The van der Waals surface area contributed by atoms with Gasteiger partial charge in [-0.15, -0.1) is 10.2 Å². The van der Waals surface area contributed by atoms with Gasteiger partial charge in [0.2, 0.25) is 0 Å². The number of anilines is 2. The maximum absolute atomic E-state index is 5.68. The molecule has 0 bridgehead atoms. The van der Waals surface area contributed by atoms with Crippen molar-refractivity contribution < 1.29 is 0 Å². The lowest BCUT2D eigenvalue weighted by Crippen LogP contribution is -2.00. The van der Waals surface area contributed by atoms with Crippen LogP contribution in [-0.2, 0) is 0 Å². The van der Waals surface area contributed by atoms with Gasteiger partial charge >= 0.3 is 0 Å². The lowest BCUT2D eigenvalue weighted by atomic mass is 10.2. The van der Waals surface area contributed by atoms with Crippen LogP contribution in [0.3, 0.4) is 0 Å². The summed E-state index contributed by atoms with van der Waals surface area (Å²) in [6, 6.07) is 11.2. The van der Waals surface area contributed by atoms with Crippen LogP contribution in [-0.4, -0.2) is 16.4 Å². The Balaban J connectivity index is 2.05. The van der Waals surface area contributed by atoms with Gasteiger partial charge in [0.25, 0.3) is 0 Å². The fourth-order valence-electron chi connectivity index (χ4n) is 1.18. The standard InChI is InChI=1S/C11H10ClN5/c12-10-6-9(13)11(17-15-10)16-14-7-8-4-2-1-3-5-8/h1-7H,(H2,13,15)(H,16,17). The van der Waals surface area contributed by atoms with Gasteiger partial charge in [0.1, 0.15) is 0 Å². The SMILES string of the molecule is Nc1cc(Cl)nnc1NN=Cc1ccccc1. The minimum absolute atomic E-state index is 0.250. The van der Waals surface area contributed by atoms with Gasteiger partial charge in [-0.05, 0) is 5.56 Å². The molecule has 0 aliphatic rings. The topological polar surface area (TPSA) is 76.2 Å². The molecule has 1 aromatic carbocycles. The smallest absolute Gasteiger partial charge is 0.192 e. The number of nitrogen functional groups attached to an aromatic ring is 1. The van der Waals surface area contributed by atoms with Crippen molar-refractivity contribution in [2.24, 2.45) is 5.10 Å². The van der Waals surface area contributed by atoms with Gasteiger partial charge in [0, 0.05) is 6.07 Å². The Hall–Kier alpha value is -2.14. The number of aromatic nitrogens is 2. The van der Waals surface area contributed by atoms with Crippen LogP contribution >= 0.6 is 11.6 Å². The second kappa shape index (κ2) is 5.27. The zero-order valence-electron chi connectivity index (χ0n) is 8.84. The highest BCUT2D eigenvalue weighted by molar-refractivity contribution is 6.29. The maximum Gasteiger partial charge on any atom is 0.192 e. The van der Waals surface area contributed by atoms with Crippen LogP contribution in [0, 0.1) is 0 Å². The number of halogens is 1. The quantitative estimate of drug-likeness (QED) is 0.644. The molecule has 17 heavy (non-hydrogen) atoms. The Bertz CT molecular complexity index is 527. The molecule has 3 N–H and O–H groups in total. The molecule has 2 rings (SSSR count). The predicted octanol–water partition coefficient (Wildman–Crippen LogP) is 2.16. The van der Waals surface area contributed by atoms with E-state index in [4.69, 9.17) is 17.3 Å². The number of benzene rings is 1. The third kappa shape index (κ3) is 3.15. The van der Waals surface area contributed by atoms with Gasteiger partial charge in [0.05, 0.1) is 11.9 Å². The number of hydrogen-bond acceptors (Lipinski definition) is 5. The number of hydrogen-bond donors (Lipinski definition) is 2. The van der Waals surface area contributed by atoms with Gasteiger partial charge in [-0.25, -0.2) is 0 Å². The molecule has 0 unspecified atom stereocenters. The fraction of sp³-hybridized carbons (Fsp3) is 0. The molecule has 2 aromatic rings. The third-order valence-electron chi connectivity index (χ3n) is 1.98. The summed E-state index contributed by atoms with van der Waals surface area (Å²) in [5.41, 5.74) is 9.75. The van der Waals surface area contributed by atoms with Crippen molar-refractivity contribution in [1.29, 1.82) is 0 Å². The predicted molar refractivity (Wildman–Crippen MR) is 69.1 cm³/mol. The minimum Gasteiger partial charge on any atom is -0.396 e. The van der Waals surface area contributed by atoms with E-state index in [-0.39, 0.29) is 5.15 Å². The Labute approximate surface area is 103 Å². The largest absolute Gasteiger partial charge is 0.396 e. The van der Waals surface area contributed by atoms with Crippen LogP contribution in [0.1, 0.15) is 5.56 Å². The van der Waals surface area contributed by atoms with Crippen LogP contribution in [0.15, 0.2) is 41.5 Å². The number of nitrogens with two attached hydrogens (primary N) is 1. The second-order valence-corrected chi connectivity index (χ2v) is 3.64. The summed E-state index contributed by atoms with van der Waals surface area (Å²) in [5, 5.41) is 11.7. The van der Waals surface area contributed by atoms with Crippen molar-refractivity contribution in [2.75, 3.05) is 11.2 Å².